The third-order valence-corrected chi connectivity index (χ3v) is 4.40. The predicted molar refractivity (Wildman–Crippen MR) is 85.2 cm³/mol. The molecule has 1 saturated carbocycles. The number of hydrogen-bond acceptors (Lipinski definition) is 4. The summed E-state index contributed by atoms with van der Waals surface area (Å²) in [6, 6.07) is 6.32. The first-order valence-corrected chi connectivity index (χ1v) is 7.42. The molecule has 3 rings (SSSR count). The third-order valence-electron chi connectivity index (χ3n) is 4.09. The molecule has 0 radical (unpaired) electrons. The fourth-order valence-electron chi connectivity index (χ4n) is 2.89. The fourth-order valence-corrected chi connectivity index (χ4v) is 3.16. The van der Waals surface area contributed by atoms with Gasteiger partial charge in [-0.15, -0.1) is 12.4 Å². The van der Waals surface area contributed by atoms with Crippen LogP contribution in [-0.2, 0) is 6.54 Å². The van der Waals surface area contributed by atoms with Gasteiger partial charge in [0.25, 0.3) is 5.69 Å². The van der Waals surface area contributed by atoms with Crippen LogP contribution in [0.25, 0.3) is 0 Å². The number of hydrogen-bond donors (Lipinski definition) is 1. The summed E-state index contributed by atoms with van der Waals surface area (Å²) in [5, 5.41) is 14.4. The van der Waals surface area contributed by atoms with E-state index in [1.165, 1.54) is 25.3 Å². The Balaban J connectivity index is 0.00000161. The van der Waals surface area contributed by atoms with Crippen LogP contribution in [0.15, 0.2) is 18.2 Å². The number of nitrogens with zero attached hydrogens (tertiary/aromatic N) is 2. The monoisotopic (exact) mass is 331 g/mol. The summed E-state index contributed by atoms with van der Waals surface area (Å²) in [6.07, 6.45) is 3.70. The van der Waals surface area contributed by atoms with Crippen molar-refractivity contribution in [2.75, 3.05) is 13.1 Å². The summed E-state index contributed by atoms with van der Waals surface area (Å²) in [4.78, 5) is 12.9. The molecule has 1 N–H and O–H groups in total. The zero-order valence-electron chi connectivity index (χ0n) is 11.6. The molecule has 1 heterocycles. The molecule has 2 fully saturated rings. The maximum atomic E-state index is 10.8. The van der Waals surface area contributed by atoms with Crippen molar-refractivity contribution in [3.63, 3.8) is 0 Å². The second kappa shape index (κ2) is 6.92. The van der Waals surface area contributed by atoms with Crippen LogP contribution in [0.3, 0.4) is 0 Å². The van der Waals surface area contributed by atoms with Crippen molar-refractivity contribution in [3.8, 4) is 0 Å². The van der Waals surface area contributed by atoms with E-state index in [1.54, 1.807) is 6.07 Å². The van der Waals surface area contributed by atoms with Gasteiger partial charge in [-0.2, -0.15) is 0 Å². The number of rotatable bonds is 5. The molecule has 1 unspecified atom stereocenters. The van der Waals surface area contributed by atoms with Crippen molar-refractivity contribution < 1.29 is 4.92 Å². The minimum absolute atomic E-state index is 0. The van der Waals surface area contributed by atoms with Crippen LogP contribution in [0.2, 0.25) is 5.02 Å². The number of nitro benzene ring substituents is 1. The van der Waals surface area contributed by atoms with Crippen molar-refractivity contribution in [3.05, 3.63) is 38.9 Å². The van der Waals surface area contributed by atoms with Crippen molar-refractivity contribution in [2.45, 2.75) is 37.9 Å². The van der Waals surface area contributed by atoms with Gasteiger partial charge < -0.3 is 5.32 Å². The van der Waals surface area contributed by atoms with Gasteiger partial charge in [0.2, 0.25) is 0 Å². The molecule has 0 amide bonds. The average Bonchev–Trinajstić information content (AvgIpc) is 3.10. The zero-order valence-corrected chi connectivity index (χ0v) is 13.2. The summed E-state index contributed by atoms with van der Waals surface area (Å²) in [5.41, 5.74) is 1.04. The summed E-state index contributed by atoms with van der Waals surface area (Å²) in [7, 11) is 0. The Kier molecular flexibility index (Phi) is 5.43. The number of halogens is 2. The molecule has 1 aromatic carbocycles. The molecule has 116 valence electrons. The van der Waals surface area contributed by atoms with Crippen LogP contribution in [0.1, 0.15) is 24.8 Å². The lowest BCUT2D eigenvalue weighted by Crippen LogP contribution is -2.38. The molecule has 0 aromatic heterocycles. The highest BCUT2D eigenvalue weighted by Crippen LogP contribution is 2.33. The first-order valence-electron chi connectivity index (χ1n) is 7.04. The summed E-state index contributed by atoms with van der Waals surface area (Å²) < 4.78 is 0. The van der Waals surface area contributed by atoms with E-state index in [0.717, 1.165) is 25.2 Å². The van der Waals surface area contributed by atoms with Crippen molar-refractivity contribution >= 4 is 29.7 Å². The molecule has 21 heavy (non-hydrogen) atoms. The van der Waals surface area contributed by atoms with Gasteiger partial charge in [0.15, 0.2) is 0 Å². The van der Waals surface area contributed by atoms with Gasteiger partial charge in [-0.25, -0.2) is 0 Å². The predicted octanol–water partition coefficient (Wildman–Crippen LogP) is 3.00. The highest BCUT2D eigenvalue weighted by atomic mass is 35.5. The van der Waals surface area contributed by atoms with Crippen LogP contribution in [0.4, 0.5) is 5.69 Å². The van der Waals surface area contributed by atoms with Crippen molar-refractivity contribution in [1.29, 1.82) is 0 Å². The SMILES string of the molecule is Cl.O=[N+]([O-])c1ccc(CN(C2CC2)C2CCNC2)cc1Cl. The average molecular weight is 332 g/mol. The highest BCUT2D eigenvalue weighted by Gasteiger charge is 2.35. The standard InChI is InChI=1S/C14H18ClN3O2.ClH/c15-13-7-10(1-4-14(13)18(19)20)9-17(11-2-3-11)12-5-6-16-8-12;/h1,4,7,11-12,16H,2-3,5-6,8-9H2;1H. The molecule has 1 atom stereocenters. The molecular formula is C14H19Cl2N3O2. The molecule has 7 heteroatoms. The Hall–Kier alpha value is -0.880. The van der Waals surface area contributed by atoms with Gasteiger partial charge in [-0.3, -0.25) is 15.0 Å². The lowest BCUT2D eigenvalue weighted by molar-refractivity contribution is -0.384. The topological polar surface area (TPSA) is 58.4 Å². The normalized spacial score (nSPS) is 21.3. The number of nitro groups is 1. The fraction of sp³-hybridized carbons (Fsp3) is 0.571. The molecule has 0 bridgehead atoms. The van der Waals surface area contributed by atoms with Gasteiger partial charge in [-0.05, 0) is 37.4 Å². The van der Waals surface area contributed by atoms with E-state index in [4.69, 9.17) is 11.6 Å². The minimum atomic E-state index is -0.439. The third kappa shape index (κ3) is 3.86. The first kappa shape index (κ1) is 16.5. The highest BCUT2D eigenvalue weighted by molar-refractivity contribution is 6.32. The Morgan fingerprint density at radius 2 is 2.10 bits per heavy atom. The van der Waals surface area contributed by atoms with E-state index < -0.39 is 4.92 Å². The summed E-state index contributed by atoms with van der Waals surface area (Å²) >= 11 is 5.99. The zero-order chi connectivity index (χ0) is 14.1. The number of nitrogens with one attached hydrogen (secondary N) is 1. The van der Waals surface area contributed by atoms with Crippen LogP contribution in [-0.4, -0.2) is 35.0 Å². The van der Waals surface area contributed by atoms with E-state index in [9.17, 15) is 10.1 Å². The molecule has 1 aliphatic carbocycles. The summed E-state index contributed by atoms with van der Waals surface area (Å²) in [6.45, 7) is 2.95. The Bertz CT molecular complexity index is 517. The minimum Gasteiger partial charge on any atom is -0.315 e. The Morgan fingerprint density at radius 1 is 1.33 bits per heavy atom. The van der Waals surface area contributed by atoms with Crippen molar-refractivity contribution in [1.82, 2.24) is 10.2 Å². The lowest BCUT2D eigenvalue weighted by Gasteiger charge is -2.28. The summed E-state index contributed by atoms with van der Waals surface area (Å²) in [5.74, 6) is 0. The van der Waals surface area contributed by atoms with Gasteiger partial charge >= 0.3 is 0 Å². The number of benzene rings is 1. The Morgan fingerprint density at radius 3 is 2.62 bits per heavy atom. The maximum absolute atomic E-state index is 10.8. The molecule has 0 spiro atoms. The largest absolute Gasteiger partial charge is 0.315 e. The molecular weight excluding hydrogens is 313 g/mol. The molecule has 2 aliphatic rings. The van der Waals surface area contributed by atoms with Gasteiger partial charge in [0, 0.05) is 31.2 Å². The molecule has 1 saturated heterocycles. The second-order valence-electron chi connectivity index (χ2n) is 5.59. The maximum Gasteiger partial charge on any atom is 0.287 e. The van der Waals surface area contributed by atoms with E-state index in [-0.39, 0.29) is 23.1 Å². The van der Waals surface area contributed by atoms with Gasteiger partial charge in [0.05, 0.1) is 4.92 Å². The van der Waals surface area contributed by atoms with E-state index >= 15 is 0 Å². The van der Waals surface area contributed by atoms with E-state index in [0.29, 0.717) is 12.1 Å². The van der Waals surface area contributed by atoms with Crippen LogP contribution >= 0.6 is 24.0 Å². The lowest BCUT2D eigenvalue weighted by atomic mass is 10.1. The quantitative estimate of drug-likeness (QED) is 0.665. The van der Waals surface area contributed by atoms with Crippen LogP contribution < -0.4 is 5.32 Å². The van der Waals surface area contributed by atoms with E-state index in [2.05, 4.69) is 10.2 Å². The van der Waals surface area contributed by atoms with Crippen LogP contribution in [0.5, 0.6) is 0 Å². The van der Waals surface area contributed by atoms with Crippen LogP contribution in [0, 0.1) is 10.1 Å². The van der Waals surface area contributed by atoms with Gasteiger partial charge in [0.1, 0.15) is 5.02 Å². The first-order chi connectivity index (χ1) is 9.65. The van der Waals surface area contributed by atoms with Gasteiger partial charge in [-0.1, -0.05) is 17.7 Å². The molecule has 1 aromatic rings. The second-order valence-corrected chi connectivity index (χ2v) is 6.00. The molecule has 5 nitrogen and oxygen atoms in total. The Labute approximate surface area is 135 Å². The van der Waals surface area contributed by atoms with E-state index in [1.807, 2.05) is 6.07 Å². The molecule has 1 aliphatic heterocycles. The van der Waals surface area contributed by atoms with Crippen molar-refractivity contribution in [2.24, 2.45) is 0 Å². The smallest absolute Gasteiger partial charge is 0.287 e.